The molecule has 1 aliphatic heterocycles. The first-order valence-corrected chi connectivity index (χ1v) is 10.3. The quantitative estimate of drug-likeness (QED) is 0.357. The molecule has 0 radical (unpaired) electrons. The van der Waals surface area contributed by atoms with Gasteiger partial charge in [-0.3, -0.25) is 9.89 Å². The molecule has 1 atom stereocenters. The van der Waals surface area contributed by atoms with Gasteiger partial charge >= 0.3 is 0 Å². The fourth-order valence-corrected chi connectivity index (χ4v) is 4.10. The van der Waals surface area contributed by atoms with Crippen LogP contribution in [-0.2, 0) is 6.54 Å². The van der Waals surface area contributed by atoms with Gasteiger partial charge in [0, 0.05) is 31.1 Å². The van der Waals surface area contributed by atoms with Crippen LogP contribution in [0.4, 0.5) is 0 Å². The number of hydrogen-bond donors (Lipinski definition) is 2. The van der Waals surface area contributed by atoms with Gasteiger partial charge in [-0.1, -0.05) is 20.8 Å². The van der Waals surface area contributed by atoms with Gasteiger partial charge in [-0.2, -0.15) is 0 Å². The van der Waals surface area contributed by atoms with E-state index in [1.807, 2.05) is 7.05 Å². The summed E-state index contributed by atoms with van der Waals surface area (Å²) in [6.45, 7) is 15.3. The van der Waals surface area contributed by atoms with Crippen LogP contribution in [0.25, 0.3) is 0 Å². The van der Waals surface area contributed by atoms with Gasteiger partial charge in [-0.25, -0.2) is 4.98 Å². The number of likely N-dealkylation sites (tertiary alicyclic amines) is 1. The minimum absolute atomic E-state index is 0. The van der Waals surface area contributed by atoms with E-state index < -0.39 is 0 Å². The van der Waals surface area contributed by atoms with Gasteiger partial charge in [-0.15, -0.1) is 35.3 Å². The van der Waals surface area contributed by atoms with Crippen molar-refractivity contribution in [1.29, 1.82) is 0 Å². The minimum atomic E-state index is 0. The van der Waals surface area contributed by atoms with E-state index in [0.29, 0.717) is 5.92 Å². The number of thiazole rings is 1. The molecule has 1 saturated heterocycles. The van der Waals surface area contributed by atoms with Crippen LogP contribution in [-0.4, -0.2) is 48.1 Å². The Morgan fingerprint density at radius 3 is 2.73 bits per heavy atom. The van der Waals surface area contributed by atoms with Crippen LogP contribution in [0, 0.1) is 5.92 Å². The maximum absolute atomic E-state index is 4.67. The molecule has 1 aromatic heterocycles. The number of halogens is 1. The van der Waals surface area contributed by atoms with Crippen molar-refractivity contribution in [1.82, 2.24) is 20.5 Å². The van der Waals surface area contributed by atoms with E-state index in [1.165, 1.54) is 31.6 Å². The molecule has 1 fully saturated rings. The summed E-state index contributed by atoms with van der Waals surface area (Å²) in [4.78, 5) is 11.6. The Balaban J connectivity index is 0.00000338. The predicted molar refractivity (Wildman–Crippen MR) is 124 cm³/mol. The van der Waals surface area contributed by atoms with Crippen LogP contribution in [0.15, 0.2) is 10.4 Å². The Labute approximate surface area is 180 Å². The molecule has 2 N–H and O–H groups in total. The summed E-state index contributed by atoms with van der Waals surface area (Å²) in [5, 5.41) is 10.1. The molecule has 0 aromatic carbocycles. The fraction of sp³-hybridized carbons (Fsp3) is 0.789. The van der Waals surface area contributed by atoms with Crippen LogP contribution in [0.2, 0.25) is 0 Å². The van der Waals surface area contributed by atoms with Crippen molar-refractivity contribution in [2.75, 3.05) is 26.7 Å². The van der Waals surface area contributed by atoms with Crippen molar-refractivity contribution in [3.05, 3.63) is 16.1 Å². The Morgan fingerprint density at radius 2 is 2.15 bits per heavy atom. The topological polar surface area (TPSA) is 52.6 Å². The summed E-state index contributed by atoms with van der Waals surface area (Å²) >= 11 is 1.71. The molecule has 0 spiro atoms. The molecule has 0 amide bonds. The fourth-order valence-electron chi connectivity index (χ4n) is 3.20. The molecular weight excluding hydrogens is 457 g/mol. The summed E-state index contributed by atoms with van der Waals surface area (Å²) in [5.74, 6) is 2.13. The molecule has 1 unspecified atom stereocenters. The first-order valence-electron chi connectivity index (χ1n) is 9.45. The summed E-state index contributed by atoms with van der Waals surface area (Å²) < 4.78 is 0. The van der Waals surface area contributed by atoms with Gasteiger partial charge in [0.1, 0.15) is 5.01 Å². The van der Waals surface area contributed by atoms with Gasteiger partial charge in [0.05, 0.1) is 12.2 Å². The van der Waals surface area contributed by atoms with Crippen molar-refractivity contribution >= 4 is 41.3 Å². The van der Waals surface area contributed by atoms with Crippen molar-refractivity contribution in [3.8, 4) is 0 Å². The highest BCUT2D eigenvalue weighted by Crippen LogP contribution is 2.23. The number of aromatic nitrogens is 1. The Morgan fingerprint density at radius 1 is 1.42 bits per heavy atom. The Kier molecular flexibility index (Phi) is 9.82. The van der Waals surface area contributed by atoms with E-state index in [4.69, 9.17) is 0 Å². The number of rotatable bonds is 6. The molecule has 5 nitrogen and oxygen atoms in total. The molecule has 1 aliphatic rings. The molecule has 0 aliphatic carbocycles. The van der Waals surface area contributed by atoms with Crippen molar-refractivity contribution in [2.24, 2.45) is 10.9 Å². The maximum Gasteiger partial charge on any atom is 0.191 e. The number of aliphatic imine (C=N–C) groups is 1. The summed E-state index contributed by atoms with van der Waals surface area (Å²) in [5.41, 5.74) is 1.29. The molecule has 2 heterocycles. The van der Waals surface area contributed by atoms with E-state index in [9.17, 15) is 0 Å². The number of nitrogens with zero attached hydrogens (tertiary/aromatic N) is 3. The standard InChI is InChI=1S/C19H35N5S.HI/c1-14(2)16-12-25-17(23-16)10-21-18(20-6)22-13-19(4,5)24-9-7-8-15(3)11-24;/h12,14-15H,7-11,13H2,1-6H3,(H2,20,21,22);1H. The van der Waals surface area contributed by atoms with Crippen molar-refractivity contribution in [2.45, 2.75) is 65.5 Å². The van der Waals surface area contributed by atoms with Crippen LogP contribution in [0.3, 0.4) is 0 Å². The Bertz CT molecular complexity index is 570. The number of hydrogen-bond acceptors (Lipinski definition) is 4. The first-order chi connectivity index (χ1) is 11.8. The van der Waals surface area contributed by atoms with Crippen molar-refractivity contribution in [3.63, 3.8) is 0 Å². The second-order valence-corrected chi connectivity index (χ2v) is 9.05. The monoisotopic (exact) mass is 493 g/mol. The van der Waals surface area contributed by atoms with Gasteiger partial charge in [0.25, 0.3) is 0 Å². The molecule has 26 heavy (non-hydrogen) atoms. The molecular formula is C19H36IN5S. The lowest BCUT2D eigenvalue weighted by Crippen LogP contribution is -2.55. The van der Waals surface area contributed by atoms with E-state index >= 15 is 0 Å². The van der Waals surface area contributed by atoms with Gasteiger partial charge in [0.2, 0.25) is 0 Å². The average Bonchev–Trinajstić information content (AvgIpc) is 3.04. The van der Waals surface area contributed by atoms with E-state index in [-0.39, 0.29) is 29.5 Å². The summed E-state index contributed by atoms with van der Waals surface area (Å²) in [7, 11) is 1.83. The largest absolute Gasteiger partial charge is 0.355 e. The summed E-state index contributed by atoms with van der Waals surface area (Å²) in [6.07, 6.45) is 2.66. The Hall–Kier alpha value is -0.410. The van der Waals surface area contributed by atoms with Crippen molar-refractivity contribution < 1.29 is 0 Å². The third-order valence-electron chi connectivity index (χ3n) is 4.99. The average molecular weight is 494 g/mol. The van der Waals surface area contributed by atoms with Crippen LogP contribution in [0.5, 0.6) is 0 Å². The highest BCUT2D eigenvalue weighted by molar-refractivity contribution is 14.0. The number of guanidine groups is 1. The maximum atomic E-state index is 4.67. The normalized spacial score (nSPS) is 19.3. The highest BCUT2D eigenvalue weighted by atomic mass is 127. The van der Waals surface area contributed by atoms with Crippen LogP contribution >= 0.6 is 35.3 Å². The lowest BCUT2D eigenvalue weighted by Gasteiger charge is -2.43. The smallest absolute Gasteiger partial charge is 0.191 e. The van der Waals surface area contributed by atoms with Gasteiger partial charge in [-0.05, 0) is 45.1 Å². The highest BCUT2D eigenvalue weighted by Gasteiger charge is 2.30. The third kappa shape index (κ3) is 6.96. The van der Waals surface area contributed by atoms with Gasteiger partial charge < -0.3 is 10.6 Å². The lowest BCUT2D eigenvalue weighted by molar-refractivity contribution is 0.0739. The number of nitrogens with one attached hydrogen (secondary N) is 2. The van der Waals surface area contributed by atoms with Crippen LogP contribution < -0.4 is 10.6 Å². The summed E-state index contributed by atoms with van der Waals surface area (Å²) in [6, 6.07) is 0. The van der Waals surface area contributed by atoms with E-state index in [1.54, 1.807) is 11.3 Å². The zero-order chi connectivity index (χ0) is 18.4. The van der Waals surface area contributed by atoms with E-state index in [2.05, 4.69) is 65.5 Å². The zero-order valence-electron chi connectivity index (χ0n) is 17.1. The zero-order valence-corrected chi connectivity index (χ0v) is 20.3. The number of piperidine rings is 1. The second kappa shape index (κ2) is 10.8. The molecule has 150 valence electrons. The third-order valence-corrected chi connectivity index (χ3v) is 5.86. The minimum Gasteiger partial charge on any atom is -0.355 e. The molecule has 1 aromatic rings. The van der Waals surface area contributed by atoms with Crippen LogP contribution in [0.1, 0.15) is 64.1 Å². The molecule has 0 saturated carbocycles. The molecule has 2 rings (SSSR count). The molecule has 0 bridgehead atoms. The lowest BCUT2D eigenvalue weighted by atomic mass is 9.93. The predicted octanol–water partition coefficient (Wildman–Crippen LogP) is 4.06. The first kappa shape index (κ1) is 23.6. The molecule has 7 heteroatoms. The second-order valence-electron chi connectivity index (χ2n) is 8.11. The SMILES string of the molecule is CN=C(NCc1nc(C(C)C)cs1)NCC(C)(C)N1CCCC(C)C1.I. The van der Waals surface area contributed by atoms with Gasteiger partial charge in [0.15, 0.2) is 5.96 Å². The van der Waals surface area contributed by atoms with E-state index in [0.717, 1.165) is 30.0 Å².